The third-order valence-electron chi connectivity index (χ3n) is 4.07. The first-order valence-corrected chi connectivity index (χ1v) is 9.54. The first-order valence-electron chi connectivity index (χ1n) is 8.72. The molecule has 4 nitrogen and oxygen atoms in total. The number of hydrogen-bond donors (Lipinski definition) is 1. The van der Waals surface area contributed by atoms with E-state index < -0.39 is 5.97 Å². The Morgan fingerprint density at radius 2 is 1.88 bits per heavy atom. The van der Waals surface area contributed by atoms with E-state index in [9.17, 15) is 14.0 Å². The lowest BCUT2D eigenvalue weighted by molar-refractivity contribution is -0.138. The van der Waals surface area contributed by atoms with Crippen LogP contribution in [0.5, 0.6) is 0 Å². The smallest absolute Gasteiger partial charge is 0.303 e. The molecule has 0 bridgehead atoms. The van der Waals surface area contributed by atoms with Crippen molar-refractivity contribution in [2.75, 3.05) is 0 Å². The minimum Gasteiger partial charge on any atom is -0.481 e. The third kappa shape index (κ3) is 5.95. The van der Waals surface area contributed by atoms with Crippen LogP contribution in [0.4, 0.5) is 4.39 Å². The van der Waals surface area contributed by atoms with Crippen LogP contribution in [0.15, 0.2) is 36.4 Å². The first-order chi connectivity index (χ1) is 12.4. The molecule has 0 saturated carbocycles. The fourth-order valence-electron chi connectivity index (χ4n) is 2.68. The standard InChI is InChI=1S/C20H24FNO3S/c1-14(2)22(19(23)8-3-4-9-20(24)25)13-17-10-11-18(26-17)15-6-5-7-16(21)12-15/h5-7,10-12,14H,3-4,8-9,13H2,1-2H3,(H,24,25). The maximum Gasteiger partial charge on any atom is 0.303 e. The second-order valence-electron chi connectivity index (χ2n) is 6.49. The van der Waals surface area contributed by atoms with Crippen molar-refractivity contribution in [1.82, 2.24) is 4.90 Å². The molecule has 0 saturated heterocycles. The summed E-state index contributed by atoms with van der Waals surface area (Å²) in [4.78, 5) is 26.9. The van der Waals surface area contributed by atoms with E-state index in [2.05, 4.69) is 0 Å². The SMILES string of the molecule is CC(C)N(Cc1ccc(-c2cccc(F)c2)s1)C(=O)CCCCC(=O)O. The maximum atomic E-state index is 13.4. The number of amides is 1. The van der Waals surface area contributed by atoms with Gasteiger partial charge < -0.3 is 10.0 Å². The summed E-state index contributed by atoms with van der Waals surface area (Å²) >= 11 is 1.55. The number of benzene rings is 1. The van der Waals surface area contributed by atoms with Crippen LogP contribution in [0.2, 0.25) is 0 Å². The minimum atomic E-state index is -0.832. The number of unbranched alkanes of at least 4 members (excludes halogenated alkanes) is 1. The number of nitrogens with zero attached hydrogens (tertiary/aromatic N) is 1. The molecular weight excluding hydrogens is 353 g/mol. The van der Waals surface area contributed by atoms with Crippen molar-refractivity contribution < 1.29 is 19.1 Å². The van der Waals surface area contributed by atoms with E-state index >= 15 is 0 Å². The van der Waals surface area contributed by atoms with Crippen LogP contribution in [-0.2, 0) is 16.1 Å². The first kappa shape index (κ1) is 20.1. The summed E-state index contributed by atoms with van der Waals surface area (Å²) in [6, 6.07) is 10.5. The number of carboxylic acid groups (broad SMARTS) is 1. The molecule has 1 aromatic heterocycles. The normalized spacial score (nSPS) is 10.9. The number of carbonyl (C=O) groups is 2. The lowest BCUT2D eigenvalue weighted by Gasteiger charge is -2.26. The number of halogens is 1. The van der Waals surface area contributed by atoms with Gasteiger partial charge in [0.1, 0.15) is 5.82 Å². The highest BCUT2D eigenvalue weighted by Gasteiger charge is 2.18. The van der Waals surface area contributed by atoms with E-state index in [1.807, 2.05) is 36.9 Å². The Bertz CT molecular complexity index is 757. The minimum absolute atomic E-state index is 0.0334. The fourth-order valence-corrected chi connectivity index (χ4v) is 3.69. The Labute approximate surface area is 157 Å². The highest BCUT2D eigenvalue weighted by molar-refractivity contribution is 7.15. The second kappa shape index (κ2) is 9.48. The number of aliphatic carboxylic acids is 1. The summed E-state index contributed by atoms with van der Waals surface area (Å²) in [5, 5.41) is 8.67. The van der Waals surface area contributed by atoms with E-state index in [0.717, 1.165) is 15.3 Å². The predicted molar refractivity (Wildman–Crippen MR) is 102 cm³/mol. The molecule has 0 radical (unpaired) electrons. The highest BCUT2D eigenvalue weighted by Crippen LogP contribution is 2.29. The summed E-state index contributed by atoms with van der Waals surface area (Å²) in [5.41, 5.74) is 0.831. The molecule has 6 heteroatoms. The lowest BCUT2D eigenvalue weighted by Crippen LogP contribution is -2.36. The van der Waals surface area contributed by atoms with Crippen molar-refractivity contribution >= 4 is 23.2 Å². The molecule has 2 aromatic rings. The molecule has 1 heterocycles. The molecule has 2 rings (SSSR count). The Balaban J connectivity index is 1.99. The van der Waals surface area contributed by atoms with Crippen LogP contribution in [0.3, 0.4) is 0 Å². The number of hydrogen-bond acceptors (Lipinski definition) is 3. The zero-order valence-corrected chi connectivity index (χ0v) is 15.9. The molecule has 0 fully saturated rings. The molecular formula is C20H24FNO3S. The molecule has 1 amide bonds. The zero-order valence-electron chi connectivity index (χ0n) is 15.1. The van der Waals surface area contributed by atoms with Crippen molar-refractivity contribution in [3.05, 3.63) is 47.1 Å². The number of rotatable bonds is 9. The Kier molecular flexibility index (Phi) is 7.33. The van der Waals surface area contributed by atoms with Gasteiger partial charge in [0, 0.05) is 28.6 Å². The summed E-state index contributed by atoms with van der Waals surface area (Å²) in [6.07, 6.45) is 1.54. The lowest BCUT2D eigenvalue weighted by atomic mass is 10.1. The zero-order chi connectivity index (χ0) is 19.1. The molecule has 140 valence electrons. The molecule has 0 aliphatic carbocycles. The summed E-state index contributed by atoms with van der Waals surface area (Å²) < 4.78 is 13.4. The number of carboxylic acids is 1. The van der Waals surface area contributed by atoms with Gasteiger partial charge in [-0.3, -0.25) is 9.59 Å². The van der Waals surface area contributed by atoms with Crippen LogP contribution >= 0.6 is 11.3 Å². The third-order valence-corrected chi connectivity index (χ3v) is 5.19. The van der Waals surface area contributed by atoms with E-state index in [0.29, 0.717) is 25.8 Å². The molecule has 0 spiro atoms. The van der Waals surface area contributed by atoms with Crippen molar-refractivity contribution in [2.24, 2.45) is 0 Å². The average molecular weight is 377 g/mol. The second-order valence-corrected chi connectivity index (χ2v) is 7.66. The monoisotopic (exact) mass is 377 g/mol. The van der Waals surface area contributed by atoms with Gasteiger partial charge in [0.15, 0.2) is 0 Å². The van der Waals surface area contributed by atoms with Gasteiger partial charge in [-0.05, 0) is 56.5 Å². The predicted octanol–water partition coefficient (Wildman–Crippen LogP) is 4.94. The Morgan fingerprint density at radius 1 is 1.15 bits per heavy atom. The van der Waals surface area contributed by atoms with Gasteiger partial charge in [-0.2, -0.15) is 0 Å². The van der Waals surface area contributed by atoms with Crippen LogP contribution in [-0.4, -0.2) is 27.9 Å². The van der Waals surface area contributed by atoms with Gasteiger partial charge >= 0.3 is 5.97 Å². The van der Waals surface area contributed by atoms with Gasteiger partial charge in [-0.15, -0.1) is 11.3 Å². The molecule has 0 aliphatic rings. The van der Waals surface area contributed by atoms with Gasteiger partial charge in [0.2, 0.25) is 5.91 Å². The fraction of sp³-hybridized carbons (Fsp3) is 0.400. The van der Waals surface area contributed by atoms with Gasteiger partial charge in [-0.1, -0.05) is 12.1 Å². The van der Waals surface area contributed by atoms with E-state index in [1.54, 1.807) is 17.4 Å². The molecule has 0 atom stereocenters. The Hall–Kier alpha value is -2.21. The molecule has 1 aromatic carbocycles. The van der Waals surface area contributed by atoms with Crippen LogP contribution < -0.4 is 0 Å². The van der Waals surface area contributed by atoms with Crippen LogP contribution in [0.1, 0.15) is 44.4 Å². The molecule has 1 N–H and O–H groups in total. The van der Waals surface area contributed by atoms with Crippen molar-refractivity contribution in [3.8, 4) is 10.4 Å². The average Bonchev–Trinajstić information content (AvgIpc) is 3.04. The van der Waals surface area contributed by atoms with E-state index in [4.69, 9.17) is 5.11 Å². The molecule has 0 unspecified atom stereocenters. The van der Waals surface area contributed by atoms with Crippen molar-refractivity contribution in [3.63, 3.8) is 0 Å². The topological polar surface area (TPSA) is 57.6 Å². The van der Waals surface area contributed by atoms with Crippen LogP contribution in [0.25, 0.3) is 10.4 Å². The largest absolute Gasteiger partial charge is 0.481 e. The van der Waals surface area contributed by atoms with Gasteiger partial charge in [0.05, 0.1) is 6.54 Å². The van der Waals surface area contributed by atoms with Gasteiger partial charge in [-0.25, -0.2) is 4.39 Å². The van der Waals surface area contributed by atoms with Crippen molar-refractivity contribution in [2.45, 2.75) is 52.1 Å². The van der Waals surface area contributed by atoms with E-state index in [-0.39, 0.29) is 24.2 Å². The quantitative estimate of drug-likeness (QED) is 0.630. The maximum absolute atomic E-state index is 13.4. The Morgan fingerprint density at radius 3 is 2.54 bits per heavy atom. The van der Waals surface area contributed by atoms with Gasteiger partial charge in [0.25, 0.3) is 0 Å². The van der Waals surface area contributed by atoms with Crippen molar-refractivity contribution in [1.29, 1.82) is 0 Å². The van der Waals surface area contributed by atoms with E-state index in [1.165, 1.54) is 12.1 Å². The number of thiophene rings is 1. The summed E-state index contributed by atoms with van der Waals surface area (Å²) in [7, 11) is 0. The highest BCUT2D eigenvalue weighted by atomic mass is 32.1. The molecule has 0 aliphatic heterocycles. The summed E-state index contributed by atoms with van der Waals surface area (Å²) in [5.74, 6) is -1.06. The number of carbonyl (C=O) groups excluding carboxylic acids is 1. The summed E-state index contributed by atoms with van der Waals surface area (Å²) in [6.45, 7) is 4.45. The molecule has 26 heavy (non-hydrogen) atoms. The van der Waals surface area contributed by atoms with Crippen LogP contribution in [0, 0.1) is 5.82 Å².